The maximum atomic E-state index is 11.6. The smallest absolute Gasteiger partial charge is 0.306 e. The number of nitrogens with one attached hydrogen (secondary N) is 1. The van der Waals surface area contributed by atoms with E-state index in [2.05, 4.69) is 20.9 Å². The summed E-state index contributed by atoms with van der Waals surface area (Å²) in [5.41, 5.74) is 1.74. The number of benzene rings is 2. The van der Waals surface area contributed by atoms with Crippen LogP contribution in [0.15, 0.2) is 39.6 Å². The van der Waals surface area contributed by atoms with E-state index in [1.165, 1.54) is 0 Å². The summed E-state index contributed by atoms with van der Waals surface area (Å²) in [6.07, 6.45) is 0. The normalized spacial score (nSPS) is 11.4. The fourth-order valence-corrected chi connectivity index (χ4v) is 2.40. The maximum absolute atomic E-state index is 11.6. The molecule has 0 unspecified atom stereocenters. The number of hydrogen-bond donors (Lipinski definition) is 1. The van der Waals surface area contributed by atoms with Gasteiger partial charge >= 0.3 is 5.69 Å². The third-order valence-corrected chi connectivity index (χ3v) is 3.33. The lowest BCUT2D eigenvalue weighted by Gasteiger charge is -2.02. The van der Waals surface area contributed by atoms with Crippen molar-refractivity contribution >= 4 is 37.7 Å². The Labute approximate surface area is 99.8 Å². The van der Waals surface area contributed by atoms with Gasteiger partial charge in [-0.05, 0) is 23.6 Å². The molecule has 4 heteroatoms. The summed E-state index contributed by atoms with van der Waals surface area (Å²) in [5.74, 6) is 0. The molecular weight excluding hydrogens is 268 g/mol. The van der Waals surface area contributed by atoms with Gasteiger partial charge < -0.3 is 4.98 Å². The molecule has 0 aliphatic heterocycles. The third-order valence-electron chi connectivity index (χ3n) is 2.84. The number of aryl methyl sites for hydroxylation is 1. The van der Waals surface area contributed by atoms with Crippen molar-refractivity contribution in [1.29, 1.82) is 0 Å². The Morgan fingerprint density at radius 2 is 2.00 bits per heavy atom. The summed E-state index contributed by atoms with van der Waals surface area (Å²) < 4.78 is 2.66. The first kappa shape index (κ1) is 9.66. The van der Waals surface area contributed by atoms with E-state index in [9.17, 15) is 4.79 Å². The molecule has 80 valence electrons. The second-order valence-corrected chi connectivity index (χ2v) is 4.73. The molecule has 0 amide bonds. The maximum Gasteiger partial charge on any atom is 0.326 e. The van der Waals surface area contributed by atoms with Gasteiger partial charge in [0, 0.05) is 16.9 Å². The SMILES string of the molecule is Cn1c(=O)[nH]c2ccc3ccc(Br)cc3c21. The molecule has 16 heavy (non-hydrogen) atoms. The van der Waals surface area contributed by atoms with Crippen LogP contribution in [0.3, 0.4) is 0 Å². The summed E-state index contributed by atoms with van der Waals surface area (Å²) in [6, 6.07) is 10.0. The molecule has 1 aromatic heterocycles. The molecule has 3 rings (SSSR count). The van der Waals surface area contributed by atoms with Crippen molar-refractivity contribution in [2.75, 3.05) is 0 Å². The zero-order valence-electron chi connectivity index (χ0n) is 8.62. The average Bonchev–Trinajstić information content (AvgIpc) is 2.55. The molecule has 0 fully saturated rings. The molecule has 0 aliphatic rings. The van der Waals surface area contributed by atoms with Gasteiger partial charge in [-0.1, -0.05) is 28.1 Å². The van der Waals surface area contributed by atoms with E-state index in [0.29, 0.717) is 0 Å². The van der Waals surface area contributed by atoms with Crippen LogP contribution in [0.25, 0.3) is 21.8 Å². The van der Waals surface area contributed by atoms with Gasteiger partial charge in [-0.3, -0.25) is 4.57 Å². The van der Waals surface area contributed by atoms with Crippen LogP contribution in [0, 0.1) is 0 Å². The van der Waals surface area contributed by atoms with Crippen LogP contribution in [0.1, 0.15) is 0 Å². The van der Waals surface area contributed by atoms with E-state index in [4.69, 9.17) is 0 Å². The molecule has 0 saturated heterocycles. The second-order valence-electron chi connectivity index (χ2n) is 3.82. The molecule has 1 heterocycles. The van der Waals surface area contributed by atoms with E-state index in [0.717, 1.165) is 26.3 Å². The summed E-state index contributed by atoms with van der Waals surface area (Å²) >= 11 is 3.45. The Morgan fingerprint density at radius 3 is 2.81 bits per heavy atom. The minimum absolute atomic E-state index is 0.0810. The standard InChI is InChI=1S/C12H9BrN2O/c1-15-11-9-6-8(13)4-2-7(9)3-5-10(11)14-12(15)16/h2-6H,1H3,(H,14,16). The van der Waals surface area contributed by atoms with Crippen LogP contribution >= 0.6 is 15.9 Å². The topological polar surface area (TPSA) is 37.8 Å². The number of fused-ring (bicyclic) bond motifs is 3. The molecule has 0 radical (unpaired) electrons. The Kier molecular flexibility index (Phi) is 1.94. The van der Waals surface area contributed by atoms with E-state index >= 15 is 0 Å². The fourth-order valence-electron chi connectivity index (χ4n) is 2.04. The van der Waals surface area contributed by atoms with Crippen LogP contribution < -0.4 is 5.69 Å². The monoisotopic (exact) mass is 276 g/mol. The van der Waals surface area contributed by atoms with Crippen molar-refractivity contribution in [1.82, 2.24) is 9.55 Å². The predicted molar refractivity (Wildman–Crippen MR) is 68.7 cm³/mol. The van der Waals surface area contributed by atoms with Crippen molar-refractivity contribution in [3.63, 3.8) is 0 Å². The lowest BCUT2D eigenvalue weighted by atomic mass is 10.1. The van der Waals surface area contributed by atoms with Crippen molar-refractivity contribution in [3.8, 4) is 0 Å². The van der Waals surface area contributed by atoms with Crippen LogP contribution in [0.2, 0.25) is 0 Å². The Morgan fingerprint density at radius 1 is 1.25 bits per heavy atom. The lowest BCUT2D eigenvalue weighted by molar-refractivity contribution is 0.894. The summed E-state index contributed by atoms with van der Waals surface area (Å²) in [5, 5.41) is 2.21. The lowest BCUT2D eigenvalue weighted by Crippen LogP contribution is -2.11. The zero-order valence-corrected chi connectivity index (χ0v) is 10.2. The fraction of sp³-hybridized carbons (Fsp3) is 0.0833. The molecule has 0 atom stereocenters. The Bertz CT molecular complexity index is 755. The first-order chi connectivity index (χ1) is 7.66. The number of nitrogens with zero attached hydrogens (tertiary/aromatic N) is 1. The molecule has 0 saturated carbocycles. The van der Waals surface area contributed by atoms with Gasteiger partial charge in [-0.15, -0.1) is 0 Å². The van der Waals surface area contributed by atoms with Crippen molar-refractivity contribution in [3.05, 3.63) is 45.3 Å². The van der Waals surface area contributed by atoms with Gasteiger partial charge in [0.05, 0.1) is 11.0 Å². The van der Waals surface area contributed by atoms with E-state index in [1.54, 1.807) is 11.6 Å². The van der Waals surface area contributed by atoms with Crippen molar-refractivity contribution in [2.45, 2.75) is 0 Å². The van der Waals surface area contributed by atoms with Crippen LogP contribution in [0.4, 0.5) is 0 Å². The highest BCUT2D eigenvalue weighted by molar-refractivity contribution is 9.10. The summed E-state index contributed by atoms with van der Waals surface area (Å²) in [7, 11) is 1.78. The molecule has 0 spiro atoms. The minimum atomic E-state index is -0.0810. The van der Waals surface area contributed by atoms with E-state index < -0.39 is 0 Å². The molecular formula is C12H9BrN2O. The van der Waals surface area contributed by atoms with Gasteiger partial charge in [0.25, 0.3) is 0 Å². The minimum Gasteiger partial charge on any atom is -0.306 e. The van der Waals surface area contributed by atoms with Gasteiger partial charge in [0.1, 0.15) is 0 Å². The molecule has 2 aromatic carbocycles. The van der Waals surface area contributed by atoms with Gasteiger partial charge in [0.2, 0.25) is 0 Å². The highest BCUT2D eigenvalue weighted by Crippen LogP contribution is 2.26. The zero-order chi connectivity index (χ0) is 11.3. The van der Waals surface area contributed by atoms with Crippen LogP contribution in [-0.2, 0) is 7.05 Å². The molecule has 3 nitrogen and oxygen atoms in total. The van der Waals surface area contributed by atoms with Gasteiger partial charge in [0.15, 0.2) is 0 Å². The van der Waals surface area contributed by atoms with Gasteiger partial charge in [-0.25, -0.2) is 4.79 Å². The largest absolute Gasteiger partial charge is 0.326 e. The third kappa shape index (κ3) is 1.23. The van der Waals surface area contributed by atoms with Crippen molar-refractivity contribution in [2.24, 2.45) is 7.05 Å². The highest BCUT2D eigenvalue weighted by atomic mass is 79.9. The van der Waals surface area contributed by atoms with Crippen LogP contribution in [0.5, 0.6) is 0 Å². The highest BCUT2D eigenvalue weighted by Gasteiger charge is 2.07. The van der Waals surface area contributed by atoms with E-state index in [-0.39, 0.29) is 5.69 Å². The second kappa shape index (κ2) is 3.22. The molecule has 0 bridgehead atoms. The number of imidazole rings is 1. The Balaban J connectivity index is 2.66. The molecule has 3 aromatic rings. The number of hydrogen-bond acceptors (Lipinski definition) is 1. The number of aromatic amines is 1. The molecule has 1 N–H and O–H groups in total. The first-order valence-electron chi connectivity index (χ1n) is 4.94. The summed E-state index contributed by atoms with van der Waals surface area (Å²) in [6.45, 7) is 0. The van der Waals surface area contributed by atoms with Gasteiger partial charge in [-0.2, -0.15) is 0 Å². The van der Waals surface area contributed by atoms with Crippen molar-refractivity contribution < 1.29 is 0 Å². The molecule has 0 aliphatic carbocycles. The van der Waals surface area contributed by atoms with E-state index in [1.807, 2.05) is 30.3 Å². The quantitative estimate of drug-likeness (QED) is 0.674. The Hall–Kier alpha value is -1.55. The first-order valence-corrected chi connectivity index (χ1v) is 5.73. The number of halogens is 1. The average molecular weight is 277 g/mol. The number of H-pyrrole nitrogens is 1. The number of aromatic nitrogens is 2. The summed E-state index contributed by atoms with van der Waals surface area (Å²) in [4.78, 5) is 14.4. The van der Waals surface area contributed by atoms with Crippen LogP contribution in [-0.4, -0.2) is 9.55 Å². The number of rotatable bonds is 0. The predicted octanol–water partition coefficient (Wildman–Crippen LogP) is 2.78.